The molecule has 2 unspecified atom stereocenters. The van der Waals surface area contributed by atoms with E-state index in [0.29, 0.717) is 18.0 Å². The van der Waals surface area contributed by atoms with Gasteiger partial charge in [-0.25, -0.2) is 0 Å². The van der Waals surface area contributed by atoms with Crippen LogP contribution in [-0.4, -0.2) is 86.9 Å². The number of ether oxygens (including phenoxy) is 1. The number of rotatable bonds is 8. The van der Waals surface area contributed by atoms with Crippen LogP contribution >= 0.6 is 0 Å². The Morgan fingerprint density at radius 2 is 2.11 bits per heavy atom. The van der Waals surface area contributed by atoms with Crippen molar-refractivity contribution in [2.24, 2.45) is 10.9 Å². The number of hydrogen-bond donors (Lipinski definition) is 2. The molecule has 0 radical (unpaired) electrons. The minimum Gasteiger partial charge on any atom is -0.469 e. The van der Waals surface area contributed by atoms with Crippen molar-refractivity contribution in [2.75, 3.05) is 59.0 Å². The fourth-order valence-electron chi connectivity index (χ4n) is 3.83. The SMILES string of the molecule is CC1CN(C(C)C)CC1NC(=NCCN1CCOCC1)NCCc1ccco1. The molecule has 7 heteroatoms. The van der Waals surface area contributed by atoms with Crippen molar-refractivity contribution in [3.05, 3.63) is 24.2 Å². The summed E-state index contributed by atoms with van der Waals surface area (Å²) in [5.74, 6) is 2.53. The Labute approximate surface area is 169 Å². The van der Waals surface area contributed by atoms with Gasteiger partial charge in [0.1, 0.15) is 5.76 Å². The summed E-state index contributed by atoms with van der Waals surface area (Å²) in [6.45, 7) is 15.4. The summed E-state index contributed by atoms with van der Waals surface area (Å²) in [7, 11) is 0. The fraction of sp³-hybridized carbons (Fsp3) is 0.762. The molecule has 0 aliphatic carbocycles. The second-order valence-corrected chi connectivity index (χ2v) is 8.22. The van der Waals surface area contributed by atoms with E-state index in [1.165, 1.54) is 0 Å². The highest BCUT2D eigenvalue weighted by atomic mass is 16.5. The third-order valence-electron chi connectivity index (χ3n) is 5.73. The predicted molar refractivity (Wildman–Crippen MR) is 113 cm³/mol. The molecule has 3 rings (SSSR count). The molecule has 28 heavy (non-hydrogen) atoms. The number of nitrogens with one attached hydrogen (secondary N) is 2. The van der Waals surface area contributed by atoms with Gasteiger partial charge < -0.3 is 19.8 Å². The van der Waals surface area contributed by atoms with Gasteiger partial charge in [0.25, 0.3) is 0 Å². The van der Waals surface area contributed by atoms with E-state index in [4.69, 9.17) is 14.1 Å². The Morgan fingerprint density at radius 1 is 1.29 bits per heavy atom. The van der Waals surface area contributed by atoms with Gasteiger partial charge in [-0.05, 0) is 31.9 Å². The predicted octanol–water partition coefficient (Wildman–Crippen LogP) is 1.42. The summed E-state index contributed by atoms with van der Waals surface area (Å²) >= 11 is 0. The zero-order valence-electron chi connectivity index (χ0n) is 17.7. The first-order valence-corrected chi connectivity index (χ1v) is 10.7. The first-order chi connectivity index (χ1) is 13.6. The van der Waals surface area contributed by atoms with Crippen LogP contribution in [0.4, 0.5) is 0 Å². The van der Waals surface area contributed by atoms with Crippen molar-refractivity contribution < 1.29 is 9.15 Å². The third-order valence-corrected chi connectivity index (χ3v) is 5.73. The molecule has 0 amide bonds. The Morgan fingerprint density at radius 3 is 2.79 bits per heavy atom. The lowest BCUT2D eigenvalue weighted by molar-refractivity contribution is 0.0394. The number of guanidine groups is 1. The molecular formula is C21H37N5O2. The monoisotopic (exact) mass is 391 g/mol. The topological polar surface area (TPSA) is 65.3 Å². The highest BCUT2D eigenvalue weighted by Gasteiger charge is 2.31. The van der Waals surface area contributed by atoms with E-state index in [2.05, 4.69) is 41.2 Å². The maximum atomic E-state index is 5.44. The average Bonchev–Trinajstić information content (AvgIpc) is 3.33. The van der Waals surface area contributed by atoms with Crippen LogP contribution in [-0.2, 0) is 11.2 Å². The van der Waals surface area contributed by atoms with Crippen molar-refractivity contribution in [3.8, 4) is 0 Å². The van der Waals surface area contributed by atoms with Gasteiger partial charge in [0, 0.05) is 57.8 Å². The molecule has 0 spiro atoms. The Hall–Kier alpha value is -1.57. The van der Waals surface area contributed by atoms with E-state index in [9.17, 15) is 0 Å². The molecule has 1 aromatic heterocycles. The molecule has 3 heterocycles. The molecule has 2 aliphatic heterocycles. The van der Waals surface area contributed by atoms with E-state index in [0.717, 1.165) is 77.2 Å². The first-order valence-electron chi connectivity index (χ1n) is 10.7. The summed E-state index contributed by atoms with van der Waals surface area (Å²) in [4.78, 5) is 9.83. The van der Waals surface area contributed by atoms with Crippen molar-refractivity contribution >= 4 is 5.96 Å². The number of likely N-dealkylation sites (tertiary alicyclic amines) is 1. The average molecular weight is 392 g/mol. The summed E-state index contributed by atoms with van der Waals surface area (Å²) in [6, 6.07) is 4.97. The van der Waals surface area contributed by atoms with E-state index >= 15 is 0 Å². The minimum atomic E-state index is 0.431. The van der Waals surface area contributed by atoms with Gasteiger partial charge in [0.05, 0.1) is 26.0 Å². The maximum absolute atomic E-state index is 5.44. The van der Waals surface area contributed by atoms with Crippen LogP contribution < -0.4 is 10.6 Å². The summed E-state index contributed by atoms with van der Waals surface area (Å²) in [5, 5.41) is 7.20. The minimum absolute atomic E-state index is 0.431. The Balaban J connectivity index is 1.52. The smallest absolute Gasteiger partial charge is 0.191 e. The summed E-state index contributed by atoms with van der Waals surface area (Å²) < 4.78 is 10.9. The Kier molecular flexibility index (Phi) is 8.18. The summed E-state index contributed by atoms with van der Waals surface area (Å²) in [5.41, 5.74) is 0. The molecule has 1 aromatic rings. The highest BCUT2D eigenvalue weighted by Crippen LogP contribution is 2.18. The molecule has 2 saturated heterocycles. The van der Waals surface area contributed by atoms with Crippen LogP contribution in [0, 0.1) is 5.92 Å². The highest BCUT2D eigenvalue weighted by molar-refractivity contribution is 5.80. The largest absolute Gasteiger partial charge is 0.469 e. The zero-order chi connectivity index (χ0) is 19.8. The number of aliphatic imine (C=N–C) groups is 1. The lowest BCUT2D eigenvalue weighted by atomic mass is 10.1. The second-order valence-electron chi connectivity index (χ2n) is 8.22. The maximum Gasteiger partial charge on any atom is 0.191 e. The molecule has 0 aromatic carbocycles. The van der Waals surface area contributed by atoms with Crippen LogP contribution in [0.5, 0.6) is 0 Å². The molecular weight excluding hydrogens is 354 g/mol. The molecule has 0 saturated carbocycles. The van der Waals surface area contributed by atoms with Crippen LogP contribution in [0.2, 0.25) is 0 Å². The van der Waals surface area contributed by atoms with E-state index in [1.807, 2.05) is 12.1 Å². The Bertz CT molecular complexity index is 584. The van der Waals surface area contributed by atoms with Crippen molar-refractivity contribution in [3.63, 3.8) is 0 Å². The molecule has 2 fully saturated rings. The molecule has 2 atom stereocenters. The van der Waals surface area contributed by atoms with Gasteiger partial charge in [-0.1, -0.05) is 6.92 Å². The standard InChI is InChI=1S/C21H37N5O2/c1-17(2)26-15-18(3)20(16-26)24-21(22-7-6-19-5-4-12-28-19)23-8-9-25-10-13-27-14-11-25/h4-5,12,17-18,20H,6-11,13-16H2,1-3H3,(H2,22,23,24). The van der Waals surface area contributed by atoms with Gasteiger partial charge in [-0.3, -0.25) is 14.8 Å². The summed E-state index contributed by atoms with van der Waals surface area (Å²) in [6.07, 6.45) is 2.58. The van der Waals surface area contributed by atoms with E-state index < -0.39 is 0 Å². The van der Waals surface area contributed by atoms with Gasteiger partial charge >= 0.3 is 0 Å². The van der Waals surface area contributed by atoms with Gasteiger partial charge in [-0.2, -0.15) is 0 Å². The molecule has 0 bridgehead atoms. The first kappa shape index (κ1) is 21.1. The van der Waals surface area contributed by atoms with Gasteiger partial charge in [0.2, 0.25) is 0 Å². The van der Waals surface area contributed by atoms with Crippen molar-refractivity contribution in [2.45, 2.75) is 39.3 Å². The van der Waals surface area contributed by atoms with Crippen LogP contribution in [0.15, 0.2) is 27.8 Å². The van der Waals surface area contributed by atoms with Gasteiger partial charge in [-0.15, -0.1) is 0 Å². The van der Waals surface area contributed by atoms with Gasteiger partial charge in [0.15, 0.2) is 5.96 Å². The van der Waals surface area contributed by atoms with Crippen LogP contribution in [0.3, 0.4) is 0 Å². The quantitative estimate of drug-likeness (QED) is 0.516. The molecule has 2 N–H and O–H groups in total. The van der Waals surface area contributed by atoms with E-state index in [-0.39, 0.29) is 0 Å². The molecule has 7 nitrogen and oxygen atoms in total. The normalized spacial score (nSPS) is 24.8. The van der Waals surface area contributed by atoms with Crippen LogP contribution in [0.1, 0.15) is 26.5 Å². The number of furan rings is 1. The molecule has 158 valence electrons. The number of hydrogen-bond acceptors (Lipinski definition) is 5. The number of morpholine rings is 1. The van der Waals surface area contributed by atoms with E-state index in [1.54, 1.807) is 6.26 Å². The van der Waals surface area contributed by atoms with Crippen molar-refractivity contribution in [1.82, 2.24) is 20.4 Å². The van der Waals surface area contributed by atoms with Crippen molar-refractivity contribution in [1.29, 1.82) is 0 Å². The number of nitrogens with zero attached hydrogens (tertiary/aromatic N) is 3. The fourth-order valence-corrected chi connectivity index (χ4v) is 3.83. The molecule has 2 aliphatic rings. The van der Waals surface area contributed by atoms with Crippen LogP contribution in [0.25, 0.3) is 0 Å². The lowest BCUT2D eigenvalue weighted by Gasteiger charge is -2.26. The third kappa shape index (κ3) is 6.50. The zero-order valence-corrected chi connectivity index (χ0v) is 17.7. The second kappa shape index (κ2) is 10.8. The lowest BCUT2D eigenvalue weighted by Crippen LogP contribution is -2.47.